The number of nitrogens with zero attached hydrogens (tertiary/aromatic N) is 3. The quantitative estimate of drug-likeness (QED) is 0.554. The molecule has 1 fully saturated rings. The molecule has 1 aromatic heterocycles. The number of sulfonamides is 1. The Balaban J connectivity index is 1.40. The van der Waals surface area contributed by atoms with Crippen LogP contribution in [0.3, 0.4) is 0 Å². The molecule has 158 valence electrons. The van der Waals surface area contributed by atoms with E-state index in [0.29, 0.717) is 31.2 Å². The van der Waals surface area contributed by atoms with Gasteiger partial charge in [0.05, 0.1) is 17.7 Å². The monoisotopic (exact) mass is 463 g/mol. The maximum atomic E-state index is 12.9. The average Bonchev–Trinajstić information content (AvgIpc) is 3.22. The molecular weight excluding hydrogens is 442 g/mol. The molecule has 2 aromatic carbocycles. The highest BCUT2D eigenvalue weighted by Gasteiger charge is 2.29. The van der Waals surface area contributed by atoms with E-state index in [-0.39, 0.29) is 4.90 Å². The molecule has 3 aromatic rings. The lowest BCUT2D eigenvalue weighted by Gasteiger charge is -2.33. The molecule has 1 saturated heterocycles. The number of anilines is 1. The predicted molar refractivity (Wildman–Crippen MR) is 120 cm³/mol. The summed E-state index contributed by atoms with van der Waals surface area (Å²) < 4.78 is 32.5. The highest BCUT2D eigenvalue weighted by atomic mass is 35.5. The molecule has 1 aliphatic heterocycles. The van der Waals surface area contributed by atoms with Gasteiger partial charge in [-0.05, 0) is 35.9 Å². The summed E-state index contributed by atoms with van der Waals surface area (Å²) in [6, 6.07) is 14.4. The molecule has 0 amide bonds. The zero-order valence-corrected chi connectivity index (χ0v) is 18.9. The van der Waals surface area contributed by atoms with Gasteiger partial charge >= 0.3 is 0 Å². The number of hydrogen-bond donors (Lipinski definition) is 0. The number of methoxy groups -OCH3 is 1. The maximum absolute atomic E-state index is 12.9. The Hall–Kier alpha value is -2.13. The van der Waals surface area contributed by atoms with E-state index in [9.17, 15) is 8.42 Å². The van der Waals surface area contributed by atoms with Gasteiger partial charge in [0.15, 0.2) is 5.13 Å². The van der Waals surface area contributed by atoms with Crippen LogP contribution in [0.1, 0.15) is 11.3 Å². The van der Waals surface area contributed by atoms with E-state index in [1.807, 2.05) is 18.2 Å². The van der Waals surface area contributed by atoms with Gasteiger partial charge in [0.2, 0.25) is 10.0 Å². The van der Waals surface area contributed by atoms with Crippen molar-refractivity contribution in [2.24, 2.45) is 0 Å². The number of thiazole rings is 1. The van der Waals surface area contributed by atoms with Crippen LogP contribution in [0.25, 0.3) is 0 Å². The lowest BCUT2D eigenvalue weighted by atomic mass is 10.1. The summed E-state index contributed by atoms with van der Waals surface area (Å²) in [5.74, 6) is 0.833. The molecule has 0 radical (unpaired) electrons. The van der Waals surface area contributed by atoms with Gasteiger partial charge in [0.1, 0.15) is 5.75 Å². The molecule has 0 aliphatic carbocycles. The van der Waals surface area contributed by atoms with E-state index >= 15 is 0 Å². The second-order valence-corrected chi connectivity index (χ2v) is 10.2. The van der Waals surface area contributed by atoms with Crippen molar-refractivity contribution >= 4 is 38.1 Å². The molecule has 6 nitrogen and oxygen atoms in total. The first kappa shape index (κ1) is 21.1. The van der Waals surface area contributed by atoms with Crippen LogP contribution < -0.4 is 9.64 Å². The molecule has 0 unspecified atom stereocenters. The van der Waals surface area contributed by atoms with Gasteiger partial charge in [-0.25, -0.2) is 13.4 Å². The van der Waals surface area contributed by atoms with Crippen molar-refractivity contribution in [2.75, 3.05) is 38.2 Å². The minimum Gasteiger partial charge on any atom is -0.497 e. The molecule has 4 rings (SSSR count). The fraction of sp³-hybridized carbons (Fsp3) is 0.286. The summed E-state index contributed by atoms with van der Waals surface area (Å²) in [5.41, 5.74) is 2.14. The molecule has 1 aliphatic rings. The zero-order valence-electron chi connectivity index (χ0n) is 16.5. The van der Waals surface area contributed by atoms with Gasteiger partial charge in [-0.15, -0.1) is 11.3 Å². The van der Waals surface area contributed by atoms with Crippen molar-refractivity contribution in [3.8, 4) is 5.75 Å². The Labute approximate surface area is 185 Å². The number of aromatic nitrogens is 1. The fourth-order valence-corrected chi connectivity index (χ4v) is 6.01. The lowest BCUT2D eigenvalue weighted by molar-refractivity contribution is 0.384. The summed E-state index contributed by atoms with van der Waals surface area (Å²) in [6.07, 6.45) is 0.733. The number of piperazine rings is 1. The third-order valence-electron chi connectivity index (χ3n) is 5.00. The van der Waals surface area contributed by atoms with Crippen molar-refractivity contribution in [1.82, 2.24) is 9.29 Å². The van der Waals surface area contributed by atoms with E-state index in [4.69, 9.17) is 21.3 Å². The summed E-state index contributed by atoms with van der Waals surface area (Å²) in [5, 5.41) is 3.40. The number of ether oxygens (including phenoxy) is 1. The lowest BCUT2D eigenvalue weighted by Crippen LogP contribution is -2.48. The smallest absolute Gasteiger partial charge is 0.243 e. The van der Waals surface area contributed by atoms with E-state index in [1.54, 1.807) is 36.6 Å². The first-order valence-electron chi connectivity index (χ1n) is 9.54. The highest BCUT2D eigenvalue weighted by molar-refractivity contribution is 7.89. The van der Waals surface area contributed by atoms with E-state index < -0.39 is 10.0 Å². The Kier molecular flexibility index (Phi) is 6.29. The van der Waals surface area contributed by atoms with Gasteiger partial charge in [-0.1, -0.05) is 29.8 Å². The summed E-state index contributed by atoms with van der Waals surface area (Å²) in [7, 11) is -1.88. The van der Waals surface area contributed by atoms with Crippen LogP contribution in [0.15, 0.2) is 58.8 Å². The maximum Gasteiger partial charge on any atom is 0.243 e. The van der Waals surface area contributed by atoms with Gasteiger partial charge < -0.3 is 9.64 Å². The Morgan fingerprint density at radius 3 is 2.60 bits per heavy atom. The third-order valence-corrected chi connectivity index (χ3v) is 8.08. The van der Waals surface area contributed by atoms with Crippen LogP contribution >= 0.6 is 22.9 Å². The molecule has 0 bridgehead atoms. The van der Waals surface area contributed by atoms with Crippen molar-refractivity contribution in [1.29, 1.82) is 0 Å². The highest BCUT2D eigenvalue weighted by Crippen LogP contribution is 2.26. The summed E-state index contributed by atoms with van der Waals surface area (Å²) in [6.45, 7) is 2.04. The van der Waals surface area contributed by atoms with Gasteiger partial charge in [0.25, 0.3) is 0 Å². The van der Waals surface area contributed by atoms with Crippen molar-refractivity contribution < 1.29 is 13.2 Å². The average molecular weight is 464 g/mol. The molecule has 0 spiro atoms. The zero-order chi connectivity index (χ0) is 21.1. The van der Waals surface area contributed by atoms with Gasteiger partial charge in [0, 0.05) is 43.0 Å². The fourth-order valence-electron chi connectivity index (χ4n) is 3.41. The molecule has 9 heteroatoms. The Morgan fingerprint density at radius 1 is 1.10 bits per heavy atom. The third kappa shape index (κ3) is 4.62. The first-order chi connectivity index (χ1) is 14.5. The largest absolute Gasteiger partial charge is 0.497 e. The summed E-state index contributed by atoms with van der Waals surface area (Å²) >= 11 is 7.56. The van der Waals surface area contributed by atoms with Crippen LogP contribution in [-0.2, 0) is 16.4 Å². The van der Waals surface area contributed by atoms with Crippen LogP contribution in [-0.4, -0.2) is 51.0 Å². The van der Waals surface area contributed by atoms with Crippen molar-refractivity contribution in [3.05, 3.63) is 70.2 Å². The normalized spacial score (nSPS) is 15.3. The topological polar surface area (TPSA) is 62.7 Å². The Bertz CT molecular complexity index is 1130. The molecule has 2 heterocycles. The molecule has 30 heavy (non-hydrogen) atoms. The Morgan fingerprint density at radius 2 is 1.87 bits per heavy atom. The second kappa shape index (κ2) is 8.93. The summed E-state index contributed by atoms with van der Waals surface area (Å²) in [4.78, 5) is 7.14. The predicted octanol–water partition coefficient (Wildman–Crippen LogP) is 3.91. The van der Waals surface area contributed by atoms with Gasteiger partial charge in [-0.2, -0.15) is 4.31 Å². The van der Waals surface area contributed by atoms with Crippen molar-refractivity contribution in [3.63, 3.8) is 0 Å². The second-order valence-electron chi connectivity index (χ2n) is 7.00. The number of hydrogen-bond acceptors (Lipinski definition) is 6. The number of benzene rings is 2. The van der Waals surface area contributed by atoms with E-state index in [0.717, 1.165) is 28.6 Å². The minimum atomic E-state index is -3.54. The molecular formula is C21H22ClN3O3S2. The van der Waals surface area contributed by atoms with Crippen LogP contribution in [0.5, 0.6) is 5.75 Å². The molecule has 0 saturated carbocycles. The number of rotatable bonds is 6. The minimum absolute atomic E-state index is 0.235. The molecule has 0 N–H and O–H groups in total. The van der Waals surface area contributed by atoms with E-state index in [2.05, 4.69) is 16.3 Å². The first-order valence-corrected chi connectivity index (χ1v) is 12.2. The van der Waals surface area contributed by atoms with Crippen molar-refractivity contribution in [2.45, 2.75) is 11.3 Å². The molecule has 0 atom stereocenters. The van der Waals surface area contributed by atoms with Crippen LogP contribution in [0, 0.1) is 0 Å². The van der Waals surface area contributed by atoms with Gasteiger partial charge in [-0.3, -0.25) is 0 Å². The van der Waals surface area contributed by atoms with Crippen LogP contribution in [0.4, 0.5) is 5.13 Å². The standard InChI is InChI=1S/C21H22ClN3O3S2/c1-28-19-6-2-4-16(13-19)12-18-15-29-21(23-18)24-8-10-25(11-9-24)30(26,27)20-7-3-5-17(22)14-20/h2-7,13-15H,8-12H2,1H3. The SMILES string of the molecule is COc1cccc(Cc2csc(N3CCN(S(=O)(=O)c4cccc(Cl)c4)CC3)n2)c1. The van der Waals surface area contributed by atoms with E-state index in [1.165, 1.54) is 10.4 Å². The van der Waals surface area contributed by atoms with Crippen LogP contribution in [0.2, 0.25) is 5.02 Å². The number of halogens is 1.